The Balaban J connectivity index is 2.63. The molecular weight excluding hydrogens is 162 g/mol. The van der Waals surface area contributed by atoms with Crippen molar-refractivity contribution in [1.29, 1.82) is 0 Å². The molecule has 1 heterocycles. The molecule has 13 heavy (non-hydrogen) atoms. The number of aryl methyl sites for hydroxylation is 1. The lowest BCUT2D eigenvalue weighted by atomic mass is 9.97. The van der Waals surface area contributed by atoms with Gasteiger partial charge in [-0.1, -0.05) is 19.1 Å². The van der Waals surface area contributed by atoms with Gasteiger partial charge in [0.05, 0.1) is 0 Å². The van der Waals surface area contributed by atoms with Crippen molar-refractivity contribution in [3.63, 3.8) is 0 Å². The molecular formula is C11H13NO. The predicted octanol–water partition coefficient (Wildman–Crippen LogP) is 1.80. The second kappa shape index (κ2) is 2.87. The fourth-order valence-electron chi connectivity index (χ4n) is 1.92. The summed E-state index contributed by atoms with van der Waals surface area (Å²) < 4.78 is 0. The molecule has 1 aliphatic rings. The molecule has 0 saturated carbocycles. The Morgan fingerprint density at radius 2 is 2.23 bits per heavy atom. The molecule has 1 aliphatic heterocycles. The Hall–Kier alpha value is -1.31. The normalized spacial score (nSPS) is 14.2. The highest BCUT2D eigenvalue weighted by atomic mass is 16.1. The third-order valence-corrected chi connectivity index (χ3v) is 2.71. The molecule has 2 rings (SSSR count). The van der Waals surface area contributed by atoms with Crippen molar-refractivity contribution in [2.45, 2.75) is 26.8 Å². The zero-order valence-corrected chi connectivity index (χ0v) is 7.98. The number of rotatable bonds is 1. The van der Waals surface area contributed by atoms with Gasteiger partial charge in [0.25, 0.3) is 5.91 Å². The first-order chi connectivity index (χ1) is 6.24. The van der Waals surface area contributed by atoms with Crippen LogP contribution in [0.4, 0.5) is 0 Å². The number of fused-ring (bicyclic) bond motifs is 1. The van der Waals surface area contributed by atoms with Crippen molar-refractivity contribution >= 4 is 5.91 Å². The highest BCUT2D eigenvalue weighted by Crippen LogP contribution is 2.22. The summed E-state index contributed by atoms with van der Waals surface area (Å²) in [5.74, 6) is 0.0859. The van der Waals surface area contributed by atoms with Crippen LogP contribution in [0, 0.1) is 6.92 Å². The minimum Gasteiger partial charge on any atom is -0.348 e. The van der Waals surface area contributed by atoms with Crippen LogP contribution in [0.1, 0.15) is 34.0 Å². The van der Waals surface area contributed by atoms with Crippen LogP contribution >= 0.6 is 0 Å². The number of amides is 1. The third-order valence-electron chi connectivity index (χ3n) is 2.71. The summed E-state index contributed by atoms with van der Waals surface area (Å²) in [4.78, 5) is 11.4. The fourth-order valence-corrected chi connectivity index (χ4v) is 1.92. The Morgan fingerprint density at radius 3 is 2.92 bits per heavy atom. The molecule has 0 aliphatic carbocycles. The smallest absolute Gasteiger partial charge is 0.252 e. The van der Waals surface area contributed by atoms with E-state index >= 15 is 0 Å². The maximum Gasteiger partial charge on any atom is 0.252 e. The van der Waals surface area contributed by atoms with Crippen LogP contribution in [0.15, 0.2) is 12.1 Å². The summed E-state index contributed by atoms with van der Waals surface area (Å²) in [7, 11) is 0. The molecule has 2 nitrogen and oxygen atoms in total. The standard InChI is InChI=1S/C11H13NO/c1-3-8-4-5-9-6-12-11(13)10(9)7(8)2/h4-5H,3,6H2,1-2H3,(H,12,13). The largest absolute Gasteiger partial charge is 0.348 e. The summed E-state index contributed by atoms with van der Waals surface area (Å²) in [5, 5.41) is 2.84. The first kappa shape index (κ1) is 8.30. The van der Waals surface area contributed by atoms with E-state index in [9.17, 15) is 4.79 Å². The second-order valence-corrected chi connectivity index (χ2v) is 3.42. The van der Waals surface area contributed by atoms with Gasteiger partial charge in [-0.05, 0) is 30.0 Å². The summed E-state index contributed by atoms with van der Waals surface area (Å²) >= 11 is 0. The molecule has 0 spiro atoms. The molecule has 0 bridgehead atoms. The molecule has 0 saturated heterocycles. The first-order valence-electron chi connectivity index (χ1n) is 4.63. The predicted molar refractivity (Wildman–Crippen MR) is 51.7 cm³/mol. The van der Waals surface area contributed by atoms with Crippen molar-refractivity contribution in [2.75, 3.05) is 0 Å². The minimum absolute atomic E-state index is 0.0859. The van der Waals surface area contributed by atoms with E-state index in [4.69, 9.17) is 0 Å². The van der Waals surface area contributed by atoms with E-state index in [1.165, 1.54) is 5.56 Å². The van der Waals surface area contributed by atoms with Crippen molar-refractivity contribution in [3.8, 4) is 0 Å². The number of carbonyl (C=O) groups excluding carboxylic acids is 1. The van der Waals surface area contributed by atoms with Gasteiger partial charge in [-0.25, -0.2) is 0 Å². The number of benzene rings is 1. The maximum atomic E-state index is 11.4. The van der Waals surface area contributed by atoms with Crippen LogP contribution in [-0.2, 0) is 13.0 Å². The molecule has 1 aromatic carbocycles. The van der Waals surface area contributed by atoms with Gasteiger partial charge in [-0.15, -0.1) is 0 Å². The van der Waals surface area contributed by atoms with Gasteiger partial charge in [0.15, 0.2) is 0 Å². The number of carbonyl (C=O) groups is 1. The molecule has 68 valence electrons. The van der Waals surface area contributed by atoms with Crippen molar-refractivity contribution in [1.82, 2.24) is 5.32 Å². The van der Waals surface area contributed by atoms with Gasteiger partial charge in [0.2, 0.25) is 0 Å². The van der Waals surface area contributed by atoms with Crippen LogP contribution in [0.3, 0.4) is 0 Å². The summed E-state index contributed by atoms with van der Waals surface area (Å²) in [5.41, 5.74) is 4.46. The Labute approximate surface area is 78.0 Å². The number of nitrogens with one attached hydrogen (secondary N) is 1. The Bertz CT molecular complexity index is 369. The van der Waals surface area contributed by atoms with Crippen LogP contribution in [0.25, 0.3) is 0 Å². The molecule has 0 atom stereocenters. The first-order valence-corrected chi connectivity index (χ1v) is 4.63. The number of hydrogen-bond donors (Lipinski definition) is 1. The SMILES string of the molecule is CCc1ccc2c(c1C)C(=O)NC2. The maximum absolute atomic E-state index is 11.4. The van der Waals surface area contributed by atoms with E-state index < -0.39 is 0 Å². The van der Waals surface area contributed by atoms with Crippen molar-refractivity contribution in [3.05, 3.63) is 34.4 Å². The van der Waals surface area contributed by atoms with E-state index in [-0.39, 0.29) is 5.91 Å². The third kappa shape index (κ3) is 1.13. The van der Waals surface area contributed by atoms with E-state index in [0.29, 0.717) is 6.54 Å². The van der Waals surface area contributed by atoms with Gasteiger partial charge in [-0.2, -0.15) is 0 Å². The topological polar surface area (TPSA) is 29.1 Å². The monoisotopic (exact) mass is 175 g/mol. The highest BCUT2D eigenvalue weighted by molar-refractivity contribution is 5.99. The minimum atomic E-state index is 0.0859. The van der Waals surface area contributed by atoms with Gasteiger partial charge in [0, 0.05) is 12.1 Å². The quantitative estimate of drug-likeness (QED) is 0.692. The van der Waals surface area contributed by atoms with Crippen molar-refractivity contribution in [2.24, 2.45) is 0 Å². The van der Waals surface area contributed by atoms with Crippen LogP contribution in [0.5, 0.6) is 0 Å². The molecule has 1 aromatic rings. The summed E-state index contributed by atoms with van der Waals surface area (Å²) in [6.45, 7) is 4.84. The van der Waals surface area contributed by atoms with Gasteiger partial charge in [0.1, 0.15) is 0 Å². The molecule has 2 heteroatoms. The van der Waals surface area contributed by atoms with Crippen LogP contribution in [-0.4, -0.2) is 5.91 Å². The van der Waals surface area contributed by atoms with E-state index in [2.05, 4.69) is 24.4 Å². The molecule has 1 amide bonds. The molecule has 0 radical (unpaired) electrons. The van der Waals surface area contributed by atoms with Crippen LogP contribution < -0.4 is 5.32 Å². The zero-order valence-electron chi connectivity index (χ0n) is 7.98. The highest BCUT2D eigenvalue weighted by Gasteiger charge is 2.21. The molecule has 0 aromatic heterocycles. The lowest BCUT2D eigenvalue weighted by Crippen LogP contribution is -2.13. The van der Waals surface area contributed by atoms with E-state index in [1.54, 1.807) is 0 Å². The molecule has 0 fully saturated rings. The molecule has 0 unspecified atom stereocenters. The summed E-state index contributed by atoms with van der Waals surface area (Å²) in [6, 6.07) is 4.17. The van der Waals surface area contributed by atoms with E-state index in [0.717, 1.165) is 23.1 Å². The second-order valence-electron chi connectivity index (χ2n) is 3.42. The van der Waals surface area contributed by atoms with Crippen molar-refractivity contribution < 1.29 is 4.79 Å². The number of hydrogen-bond acceptors (Lipinski definition) is 1. The van der Waals surface area contributed by atoms with Crippen LogP contribution in [0.2, 0.25) is 0 Å². The van der Waals surface area contributed by atoms with Gasteiger partial charge < -0.3 is 5.32 Å². The lowest BCUT2D eigenvalue weighted by Gasteiger charge is -2.06. The van der Waals surface area contributed by atoms with Gasteiger partial charge in [-0.3, -0.25) is 4.79 Å². The lowest BCUT2D eigenvalue weighted by molar-refractivity contribution is 0.0965. The van der Waals surface area contributed by atoms with Gasteiger partial charge >= 0.3 is 0 Å². The fraction of sp³-hybridized carbons (Fsp3) is 0.364. The Kier molecular flexibility index (Phi) is 1.83. The Morgan fingerprint density at radius 1 is 1.46 bits per heavy atom. The zero-order chi connectivity index (χ0) is 9.42. The average molecular weight is 175 g/mol. The molecule has 1 N–H and O–H groups in total. The van der Waals surface area contributed by atoms with E-state index in [1.807, 2.05) is 6.92 Å². The average Bonchev–Trinajstić information content (AvgIpc) is 2.49. The summed E-state index contributed by atoms with van der Waals surface area (Å²) in [6.07, 6.45) is 0.992.